The number of para-hydroxylation sites is 1. The van der Waals surface area contributed by atoms with Crippen LogP contribution in [-0.2, 0) is 0 Å². The van der Waals surface area contributed by atoms with E-state index in [1.807, 2.05) is 30.3 Å². The summed E-state index contributed by atoms with van der Waals surface area (Å²) in [5, 5.41) is 3.20. The van der Waals surface area contributed by atoms with Crippen LogP contribution in [-0.4, -0.2) is 11.5 Å². The van der Waals surface area contributed by atoms with Crippen LogP contribution in [0.15, 0.2) is 35.3 Å². The van der Waals surface area contributed by atoms with E-state index in [2.05, 4.69) is 17.7 Å². The van der Waals surface area contributed by atoms with Gasteiger partial charge in [0.1, 0.15) is 0 Å². The lowest BCUT2D eigenvalue weighted by Crippen LogP contribution is -2.42. The van der Waals surface area contributed by atoms with Gasteiger partial charge in [-0.25, -0.2) is 10.8 Å². The zero-order valence-electron chi connectivity index (χ0n) is 10.2. The van der Waals surface area contributed by atoms with Crippen LogP contribution in [0.3, 0.4) is 0 Å². The quantitative estimate of drug-likeness (QED) is 0.324. The number of nitrogens with two attached hydrogens (primary N) is 1. The van der Waals surface area contributed by atoms with Crippen LogP contribution in [0.2, 0.25) is 0 Å². The zero-order valence-corrected chi connectivity index (χ0v) is 10.2. The SMILES string of the molecule is CCC1(N=C(NN)Nc2ccccc2)CCC1. The molecule has 1 saturated carbocycles. The standard InChI is InChI=1S/C13H20N4/c1-2-13(9-6-10-13)16-12(17-14)15-11-7-4-3-5-8-11/h3-5,7-8H,2,6,9-10,14H2,1H3,(H2,15,16,17). The summed E-state index contributed by atoms with van der Waals surface area (Å²) >= 11 is 0. The third kappa shape index (κ3) is 2.77. The highest BCUT2D eigenvalue weighted by Gasteiger charge is 2.35. The van der Waals surface area contributed by atoms with Crippen molar-refractivity contribution in [2.24, 2.45) is 10.8 Å². The van der Waals surface area contributed by atoms with Crippen LogP contribution in [0.25, 0.3) is 0 Å². The van der Waals surface area contributed by atoms with Gasteiger partial charge in [0.2, 0.25) is 5.96 Å². The zero-order chi connectivity index (χ0) is 12.1. The van der Waals surface area contributed by atoms with Crippen molar-refractivity contribution in [3.8, 4) is 0 Å². The number of hydrogen-bond donors (Lipinski definition) is 3. The monoisotopic (exact) mass is 232 g/mol. The molecular weight excluding hydrogens is 212 g/mol. The van der Waals surface area contributed by atoms with Crippen LogP contribution in [0.1, 0.15) is 32.6 Å². The molecule has 0 unspecified atom stereocenters. The summed E-state index contributed by atoms with van der Waals surface area (Å²) in [6.07, 6.45) is 4.64. The Morgan fingerprint density at radius 3 is 2.53 bits per heavy atom. The maximum absolute atomic E-state index is 5.52. The number of hydrogen-bond acceptors (Lipinski definition) is 2. The van der Waals surface area contributed by atoms with Crippen LogP contribution >= 0.6 is 0 Å². The number of anilines is 1. The fraction of sp³-hybridized carbons (Fsp3) is 0.462. The van der Waals surface area contributed by atoms with Gasteiger partial charge in [-0.3, -0.25) is 5.43 Å². The first kappa shape index (κ1) is 11.9. The van der Waals surface area contributed by atoms with E-state index in [-0.39, 0.29) is 5.54 Å². The van der Waals surface area contributed by atoms with Crippen molar-refractivity contribution in [1.29, 1.82) is 0 Å². The summed E-state index contributed by atoms with van der Waals surface area (Å²) in [6.45, 7) is 2.18. The molecule has 4 N–H and O–H groups in total. The first-order chi connectivity index (χ1) is 8.28. The molecule has 0 amide bonds. The predicted octanol–water partition coefficient (Wildman–Crippen LogP) is 2.25. The van der Waals surface area contributed by atoms with Gasteiger partial charge >= 0.3 is 0 Å². The van der Waals surface area contributed by atoms with Crippen LogP contribution < -0.4 is 16.6 Å². The minimum Gasteiger partial charge on any atom is -0.325 e. The van der Waals surface area contributed by atoms with Gasteiger partial charge < -0.3 is 5.32 Å². The van der Waals surface area contributed by atoms with Crippen LogP contribution in [0.4, 0.5) is 5.69 Å². The molecule has 4 heteroatoms. The molecule has 0 aliphatic heterocycles. The second-order valence-corrected chi connectivity index (χ2v) is 4.53. The van der Waals surface area contributed by atoms with E-state index in [1.165, 1.54) is 6.42 Å². The highest BCUT2D eigenvalue weighted by molar-refractivity contribution is 5.93. The number of guanidine groups is 1. The van der Waals surface area contributed by atoms with Crippen molar-refractivity contribution in [2.45, 2.75) is 38.1 Å². The molecule has 0 aromatic heterocycles. The number of aliphatic imine (C=N–C) groups is 1. The fourth-order valence-electron chi connectivity index (χ4n) is 2.12. The highest BCUT2D eigenvalue weighted by Crippen LogP contribution is 2.38. The van der Waals surface area contributed by atoms with Crippen LogP contribution in [0.5, 0.6) is 0 Å². The predicted molar refractivity (Wildman–Crippen MR) is 71.7 cm³/mol. The third-order valence-electron chi connectivity index (χ3n) is 3.46. The lowest BCUT2D eigenvalue weighted by atomic mass is 9.75. The first-order valence-corrected chi connectivity index (χ1v) is 6.16. The summed E-state index contributed by atoms with van der Waals surface area (Å²) in [4.78, 5) is 4.71. The average molecular weight is 232 g/mol. The number of nitrogens with one attached hydrogen (secondary N) is 2. The second-order valence-electron chi connectivity index (χ2n) is 4.53. The molecule has 0 atom stereocenters. The summed E-state index contributed by atoms with van der Waals surface area (Å²) in [5.41, 5.74) is 3.74. The Kier molecular flexibility index (Phi) is 3.64. The van der Waals surface area contributed by atoms with E-state index in [4.69, 9.17) is 10.8 Å². The topological polar surface area (TPSA) is 62.4 Å². The molecule has 1 aliphatic carbocycles. The number of hydrazine groups is 1. The van der Waals surface area contributed by atoms with E-state index in [9.17, 15) is 0 Å². The van der Waals surface area contributed by atoms with E-state index >= 15 is 0 Å². The maximum Gasteiger partial charge on any atom is 0.210 e. The molecule has 1 fully saturated rings. The molecule has 92 valence electrons. The number of nitrogens with zero attached hydrogens (tertiary/aromatic N) is 1. The molecule has 1 aromatic rings. The Morgan fingerprint density at radius 2 is 2.06 bits per heavy atom. The molecule has 1 aliphatic rings. The average Bonchev–Trinajstić information content (AvgIpc) is 2.33. The van der Waals surface area contributed by atoms with E-state index < -0.39 is 0 Å². The van der Waals surface area contributed by atoms with Crippen molar-refractivity contribution in [3.63, 3.8) is 0 Å². The summed E-state index contributed by atoms with van der Waals surface area (Å²) in [7, 11) is 0. The fourth-order valence-corrected chi connectivity index (χ4v) is 2.12. The van der Waals surface area contributed by atoms with Crippen LogP contribution in [0, 0.1) is 0 Å². The molecule has 4 nitrogen and oxygen atoms in total. The molecule has 0 saturated heterocycles. The van der Waals surface area contributed by atoms with E-state index in [0.29, 0.717) is 5.96 Å². The number of rotatable bonds is 3. The van der Waals surface area contributed by atoms with E-state index in [0.717, 1.165) is 24.9 Å². The highest BCUT2D eigenvalue weighted by atomic mass is 15.3. The Bertz CT molecular complexity index is 376. The lowest BCUT2D eigenvalue weighted by molar-refractivity contribution is 0.243. The molecule has 1 aromatic carbocycles. The van der Waals surface area contributed by atoms with Gasteiger partial charge in [0, 0.05) is 5.69 Å². The third-order valence-corrected chi connectivity index (χ3v) is 3.46. The van der Waals surface area contributed by atoms with Crippen molar-refractivity contribution in [2.75, 3.05) is 5.32 Å². The molecule has 2 rings (SSSR count). The largest absolute Gasteiger partial charge is 0.325 e. The maximum atomic E-state index is 5.52. The molecule has 0 heterocycles. The summed E-state index contributed by atoms with van der Waals surface area (Å²) in [6, 6.07) is 9.93. The smallest absolute Gasteiger partial charge is 0.210 e. The molecule has 0 radical (unpaired) electrons. The Morgan fingerprint density at radius 1 is 1.35 bits per heavy atom. The van der Waals surface area contributed by atoms with Gasteiger partial charge in [0.15, 0.2) is 0 Å². The van der Waals surface area contributed by atoms with Crippen molar-refractivity contribution < 1.29 is 0 Å². The van der Waals surface area contributed by atoms with Gasteiger partial charge in [-0.05, 0) is 37.8 Å². The van der Waals surface area contributed by atoms with Crippen molar-refractivity contribution in [3.05, 3.63) is 30.3 Å². The molecule has 0 bridgehead atoms. The lowest BCUT2D eigenvalue weighted by Gasteiger charge is -2.37. The number of benzene rings is 1. The van der Waals surface area contributed by atoms with Crippen molar-refractivity contribution >= 4 is 11.6 Å². The van der Waals surface area contributed by atoms with Gasteiger partial charge in [-0.2, -0.15) is 0 Å². The van der Waals surface area contributed by atoms with Crippen molar-refractivity contribution in [1.82, 2.24) is 5.43 Å². The molecule has 17 heavy (non-hydrogen) atoms. The normalized spacial score (nSPS) is 18.4. The van der Waals surface area contributed by atoms with Gasteiger partial charge in [0.25, 0.3) is 0 Å². The first-order valence-electron chi connectivity index (χ1n) is 6.16. The Hall–Kier alpha value is -1.55. The van der Waals surface area contributed by atoms with Gasteiger partial charge in [0.05, 0.1) is 5.54 Å². The second kappa shape index (κ2) is 5.19. The minimum atomic E-state index is 0.101. The van der Waals surface area contributed by atoms with E-state index in [1.54, 1.807) is 0 Å². The molecule has 0 spiro atoms. The minimum absolute atomic E-state index is 0.101. The Labute approximate surface area is 102 Å². The summed E-state index contributed by atoms with van der Waals surface area (Å²) in [5.74, 6) is 6.17. The van der Waals surface area contributed by atoms with Gasteiger partial charge in [-0.1, -0.05) is 25.1 Å². The molecular formula is C13H20N4. The Balaban J connectivity index is 2.08. The summed E-state index contributed by atoms with van der Waals surface area (Å²) < 4.78 is 0. The van der Waals surface area contributed by atoms with Gasteiger partial charge in [-0.15, -0.1) is 0 Å².